The molecule has 1 N–H and O–H groups in total. The number of benzene rings is 1. The maximum absolute atomic E-state index is 12.3. The van der Waals surface area contributed by atoms with Gasteiger partial charge in [-0.3, -0.25) is 0 Å². The Bertz CT molecular complexity index is 586. The Morgan fingerprint density at radius 2 is 1.85 bits per heavy atom. The van der Waals surface area contributed by atoms with Gasteiger partial charge in [0.25, 0.3) is 0 Å². The zero-order valence-electron chi connectivity index (χ0n) is 10.8. The molecule has 0 atom stereocenters. The van der Waals surface area contributed by atoms with Crippen molar-refractivity contribution < 1.29 is 8.42 Å². The molecule has 0 heterocycles. The number of hydrogen-bond donors (Lipinski definition) is 1. The number of rotatable bonds is 5. The predicted octanol–water partition coefficient (Wildman–Crippen LogP) is 4.23. The highest BCUT2D eigenvalue weighted by molar-refractivity contribution is 9.09. The van der Waals surface area contributed by atoms with Gasteiger partial charge in [0.2, 0.25) is 10.0 Å². The molecule has 20 heavy (non-hydrogen) atoms. The molecule has 1 aliphatic rings. The first kappa shape index (κ1) is 16.6. The summed E-state index contributed by atoms with van der Waals surface area (Å²) in [4.78, 5) is 0.148. The predicted molar refractivity (Wildman–Crippen MR) is 86.3 cm³/mol. The van der Waals surface area contributed by atoms with Crippen molar-refractivity contribution in [1.82, 2.24) is 4.72 Å². The molecule has 1 aliphatic carbocycles. The molecule has 0 bridgehead atoms. The summed E-state index contributed by atoms with van der Waals surface area (Å²) in [6.07, 6.45) is 4.39. The van der Waals surface area contributed by atoms with Gasteiger partial charge in [-0.05, 0) is 36.5 Å². The van der Waals surface area contributed by atoms with Gasteiger partial charge in [0.1, 0.15) is 0 Å². The number of sulfonamides is 1. The number of alkyl halides is 1. The third-order valence-corrected chi connectivity index (χ3v) is 7.11. The van der Waals surface area contributed by atoms with E-state index in [2.05, 4.69) is 20.7 Å². The summed E-state index contributed by atoms with van der Waals surface area (Å²) in [5, 5.41) is 1.40. The van der Waals surface area contributed by atoms with E-state index < -0.39 is 10.0 Å². The Kier molecular flexibility index (Phi) is 5.40. The molecule has 0 unspecified atom stereocenters. The molecule has 0 aliphatic heterocycles. The van der Waals surface area contributed by atoms with Crippen LogP contribution < -0.4 is 4.72 Å². The molecular formula is C13H16BrCl2NO2S. The summed E-state index contributed by atoms with van der Waals surface area (Å²) >= 11 is 15.2. The molecule has 0 spiro atoms. The van der Waals surface area contributed by atoms with Crippen LogP contribution in [0, 0.1) is 5.41 Å². The smallest absolute Gasteiger partial charge is 0.211 e. The first-order valence-electron chi connectivity index (χ1n) is 6.39. The van der Waals surface area contributed by atoms with Gasteiger partial charge in [-0.25, -0.2) is 13.1 Å². The van der Waals surface area contributed by atoms with E-state index in [0.717, 1.165) is 31.0 Å². The highest BCUT2D eigenvalue weighted by Crippen LogP contribution is 2.39. The van der Waals surface area contributed by atoms with Gasteiger partial charge in [0, 0.05) is 11.9 Å². The van der Waals surface area contributed by atoms with Crippen LogP contribution >= 0.6 is 39.1 Å². The average molecular weight is 401 g/mol. The van der Waals surface area contributed by atoms with Gasteiger partial charge in [0.15, 0.2) is 0 Å². The second-order valence-corrected chi connectivity index (χ2v) is 8.38. The second-order valence-electron chi connectivity index (χ2n) is 5.24. The second kappa shape index (κ2) is 6.53. The topological polar surface area (TPSA) is 46.2 Å². The van der Waals surface area contributed by atoms with Crippen molar-refractivity contribution in [3.63, 3.8) is 0 Å². The van der Waals surface area contributed by atoms with Crippen molar-refractivity contribution in [2.24, 2.45) is 5.41 Å². The van der Waals surface area contributed by atoms with E-state index in [0.29, 0.717) is 11.6 Å². The quantitative estimate of drug-likeness (QED) is 0.751. The molecule has 0 aromatic heterocycles. The maximum atomic E-state index is 12.3. The molecule has 7 heteroatoms. The maximum Gasteiger partial charge on any atom is 0.240 e. The zero-order chi connectivity index (χ0) is 14.8. The zero-order valence-corrected chi connectivity index (χ0v) is 14.7. The molecule has 1 aromatic rings. The van der Waals surface area contributed by atoms with Crippen LogP contribution in [-0.4, -0.2) is 20.3 Å². The molecule has 0 amide bonds. The molecular weight excluding hydrogens is 385 g/mol. The molecule has 3 nitrogen and oxygen atoms in total. The minimum Gasteiger partial charge on any atom is -0.211 e. The lowest BCUT2D eigenvalue weighted by Crippen LogP contribution is -2.37. The van der Waals surface area contributed by atoms with E-state index in [1.807, 2.05) is 0 Å². The normalized spacial score (nSPS) is 18.4. The molecule has 2 rings (SSSR count). The van der Waals surface area contributed by atoms with Gasteiger partial charge < -0.3 is 0 Å². The Labute approximate surface area is 138 Å². The molecule has 0 radical (unpaired) electrons. The largest absolute Gasteiger partial charge is 0.240 e. The third-order valence-electron chi connectivity index (χ3n) is 3.79. The van der Waals surface area contributed by atoms with Crippen LogP contribution in [0.3, 0.4) is 0 Å². The van der Waals surface area contributed by atoms with Crippen molar-refractivity contribution in [2.75, 3.05) is 11.9 Å². The van der Waals surface area contributed by atoms with E-state index in [1.54, 1.807) is 0 Å². The first-order chi connectivity index (χ1) is 9.38. The van der Waals surface area contributed by atoms with Crippen LogP contribution in [0.2, 0.25) is 10.0 Å². The van der Waals surface area contributed by atoms with Crippen molar-refractivity contribution in [3.05, 3.63) is 28.2 Å². The summed E-state index contributed by atoms with van der Waals surface area (Å²) < 4.78 is 27.3. The van der Waals surface area contributed by atoms with Gasteiger partial charge in [-0.15, -0.1) is 0 Å². The fourth-order valence-electron chi connectivity index (χ4n) is 2.46. The Hall–Kier alpha value is 0.190. The van der Waals surface area contributed by atoms with Crippen LogP contribution in [0.25, 0.3) is 0 Å². The lowest BCUT2D eigenvalue weighted by molar-refractivity contribution is 0.347. The monoisotopic (exact) mass is 399 g/mol. The number of halogens is 3. The summed E-state index contributed by atoms with van der Waals surface area (Å²) in [5.41, 5.74) is 0.0310. The lowest BCUT2D eigenvalue weighted by atomic mass is 9.89. The fraction of sp³-hybridized carbons (Fsp3) is 0.538. The lowest BCUT2D eigenvalue weighted by Gasteiger charge is -2.26. The van der Waals surface area contributed by atoms with Crippen molar-refractivity contribution in [2.45, 2.75) is 30.6 Å². The Balaban J connectivity index is 2.13. The molecule has 1 saturated carbocycles. The van der Waals surface area contributed by atoms with Crippen LogP contribution in [0.4, 0.5) is 0 Å². The summed E-state index contributed by atoms with van der Waals surface area (Å²) in [7, 11) is -3.55. The van der Waals surface area contributed by atoms with Gasteiger partial charge in [0.05, 0.1) is 14.9 Å². The molecule has 0 saturated heterocycles. The van der Waals surface area contributed by atoms with Gasteiger partial charge in [-0.1, -0.05) is 52.0 Å². The van der Waals surface area contributed by atoms with Crippen molar-refractivity contribution in [1.29, 1.82) is 0 Å². The van der Waals surface area contributed by atoms with Crippen LogP contribution in [0.5, 0.6) is 0 Å². The first-order valence-corrected chi connectivity index (χ1v) is 9.75. The number of nitrogens with one attached hydrogen (secondary N) is 1. The van der Waals surface area contributed by atoms with Gasteiger partial charge >= 0.3 is 0 Å². The van der Waals surface area contributed by atoms with Crippen LogP contribution in [0.1, 0.15) is 25.7 Å². The SMILES string of the molecule is O=S(=O)(NCC1(CBr)CCCC1)c1ccc(Cl)c(Cl)c1. The van der Waals surface area contributed by atoms with E-state index in [1.165, 1.54) is 18.2 Å². The van der Waals surface area contributed by atoms with Crippen molar-refractivity contribution in [3.8, 4) is 0 Å². The van der Waals surface area contributed by atoms with E-state index in [9.17, 15) is 8.42 Å². The Morgan fingerprint density at radius 1 is 1.20 bits per heavy atom. The summed E-state index contributed by atoms with van der Waals surface area (Å²) in [5.74, 6) is 0. The fourth-order valence-corrected chi connectivity index (χ4v) is 4.76. The molecule has 1 fully saturated rings. The highest BCUT2D eigenvalue weighted by Gasteiger charge is 2.34. The van der Waals surface area contributed by atoms with E-state index in [-0.39, 0.29) is 15.3 Å². The Morgan fingerprint density at radius 3 is 2.40 bits per heavy atom. The van der Waals surface area contributed by atoms with Crippen LogP contribution in [0.15, 0.2) is 23.1 Å². The van der Waals surface area contributed by atoms with Crippen molar-refractivity contribution >= 4 is 49.2 Å². The summed E-state index contributed by atoms with van der Waals surface area (Å²) in [6.45, 7) is 0.445. The van der Waals surface area contributed by atoms with E-state index in [4.69, 9.17) is 23.2 Å². The third kappa shape index (κ3) is 3.69. The molecule has 1 aromatic carbocycles. The minimum atomic E-state index is -3.55. The average Bonchev–Trinajstić information content (AvgIpc) is 2.89. The van der Waals surface area contributed by atoms with Gasteiger partial charge in [-0.2, -0.15) is 0 Å². The standard InChI is InChI=1S/C13H16BrCl2NO2S/c14-8-13(5-1-2-6-13)9-17-20(18,19)10-3-4-11(15)12(16)7-10/h3-4,7,17H,1-2,5-6,8-9H2. The summed E-state index contributed by atoms with van der Waals surface area (Å²) in [6, 6.07) is 4.34. The van der Waals surface area contributed by atoms with E-state index >= 15 is 0 Å². The number of hydrogen-bond acceptors (Lipinski definition) is 2. The highest BCUT2D eigenvalue weighted by atomic mass is 79.9. The minimum absolute atomic E-state index is 0.0310. The van der Waals surface area contributed by atoms with Crippen LogP contribution in [-0.2, 0) is 10.0 Å². The molecule has 112 valence electrons.